The molecular formula is C26H23NO5. The van der Waals surface area contributed by atoms with Crippen LogP contribution in [0.5, 0.6) is 17.2 Å². The van der Waals surface area contributed by atoms with Crippen molar-refractivity contribution in [3.8, 4) is 17.2 Å². The molecule has 1 N–H and O–H groups in total. The van der Waals surface area contributed by atoms with E-state index in [1.54, 1.807) is 30.3 Å². The summed E-state index contributed by atoms with van der Waals surface area (Å²) >= 11 is 0. The molecule has 0 spiro atoms. The van der Waals surface area contributed by atoms with Gasteiger partial charge in [-0.2, -0.15) is 0 Å². The van der Waals surface area contributed by atoms with Crippen LogP contribution in [0.3, 0.4) is 0 Å². The van der Waals surface area contributed by atoms with E-state index < -0.39 is 0 Å². The highest BCUT2D eigenvalue weighted by Gasteiger charge is 2.11. The third-order valence-electron chi connectivity index (χ3n) is 4.99. The zero-order valence-electron chi connectivity index (χ0n) is 18.1. The molecule has 0 unspecified atom stereocenters. The lowest BCUT2D eigenvalue weighted by atomic mass is 10.1. The Kier molecular flexibility index (Phi) is 5.94. The molecule has 4 aromatic rings. The average molecular weight is 429 g/mol. The maximum Gasteiger partial charge on any atom is 0.262 e. The van der Waals surface area contributed by atoms with Gasteiger partial charge in [-0.15, -0.1) is 0 Å². The van der Waals surface area contributed by atoms with Gasteiger partial charge in [0.15, 0.2) is 6.61 Å². The van der Waals surface area contributed by atoms with E-state index in [0.29, 0.717) is 22.5 Å². The zero-order valence-corrected chi connectivity index (χ0v) is 18.1. The maximum atomic E-state index is 12.7. The van der Waals surface area contributed by atoms with Crippen molar-refractivity contribution in [3.63, 3.8) is 0 Å². The van der Waals surface area contributed by atoms with Gasteiger partial charge in [0.05, 0.1) is 5.39 Å². The molecule has 162 valence electrons. The van der Waals surface area contributed by atoms with Crippen LogP contribution in [-0.2, 0) is 4.79 Å². The first kappa shape index (κ1) is 21.2. The Bertz CT molecular complexity index is 1340. The highest BCUT2D eigenvalue weighted by molar-refractivity contribution is 5.92. The molecule has 0 saturated carbocycles. The largest absolute Gasteiger partial charge is 0.484 e. The lowest BCUT2D eigenvalue weighted by Gasteiger charge is -2.11. The minimum absolute atomic E-state index is 0.0999. The lowest BCUT2D eigenvalue weighted by molar-refractivity contribution is -0.118. The monoisotopic (exact) mass is 429 g/mol. The van der Waals surface area contributed by atoms with Gasteiger partial charge in [0.1, 0.15) is 23.3 Å². The molecule has 0 aliphatic heterocycles. The van der Waals surface area contributed by atoms with Gasteiger partial charge in [0.25, 0.3) is 5.91 Å². The second-order valence-corrected chi connectivity index (χ2v) is 7.66. The van der Waals surface area contributed by atoms with Crippen LogP contribution >= 0.6 is 0 Å². The summed E-state index contributed by atoms with van der Waals surface area (Å²) in [5.41, 5.74) is 4.01. The number of hydrogen-bond acceptors (Lipinski definition) is 5. The second kappa shape index (κ2) is 8.98. The molecule has 32 heavy (non-hydrogen) atoms. The van der Waals surface area contributed by atoms with Gasteiger partial charge in [-0.05, 0) is 56.7 Å². The Morgan fingerprint density at radius 1 is 0.906 bits per heavy atom. The first-order valence-electron chi connectivity index (χ1n) is 10.2. The molecule has 1 heterocycles. The van der Waals surface area contributed by atoms with Crippen molar-refractivity contribution < 1.29 is 18.7 Å². The van der Waals surface area contributed by atoms with Crippen LogP contribution < -0.4 is 20.2 Å². The molecule has 0 fully saturated rings. The number of benzene rings is 3. The van der Waals surface area contributed by atoms with Gasteiger partial charge < -0.3 is 19.2 Å². The number of nitrogens with one attached hydrogen (secondary N) is 1. The molecule has 0 atom stereocenters. The van der Waals surface area contributed by atoms with Crippen LogP contribution in [0.15, 0.2) is 76.1 Å². The lowest BCUT2D eigenvalue weighted by Crippen LogP contribution is -2.20. The third-order valence-corrected chi connectivity index (χ3v) is 4.99. The van der Waals surface area contributed by atoms with Crippen molar-refractivity contribution in [3.05, 3.63) is 93.8 Å². The number of ether oxygens (including phenoxy) is 2. The Hall–Kier alpha value is -4.06. The Morgan fingerprint density at radius 3 is 2.38 bits per heavy atom. The number of aryl methyl sites for hydroxylation is 3. The van der Waals surface area contributed by atoms with Gasteiger partial charge in [0, 0.05) is 11.8 Å². The van der Waals surface area contributed by atoms with Crippen molar-refractivity contribution in [2.45, 2.75) is 20.8 Å². The predicted octanol–water partition coefficient (Wildman–Crippen LogP) is 5.53. The molecular weight excluding hydrogens is 406 g/mol. The van der Waals surface area contributed by atoms with Gasteiger partial charge in [-0.25, -0.2) is 0 Å². The fourth-order valence-corrected chi connectivity index (χ4v) is 3.27. The second-order valence-electron chi connectivity index (χ2n) is 7.66. The molecule has 6 heteroatoms. The smallest absolute Gasteiger partial charge is 0.262 e. The summed E-state index contributed by atoms with van der Waals surface area (Å²) in [6, 6.07) is 18.0. The first-order valence-corrected chi connectivity index (χ1v) is 10.2. The summed E-state index contributed by atoms with van der Waals surface area (Å²) < 4.78 is 16.8. The highest BCUT2D eigenvalue weighted by Crippen LogP contribution is 2.24. The minimum Gasteiger partial charge on any atom is -0.484 e. The van der Waals surface area contributed by atoms with Crippen LogP contribution in [0.25, 0.3) is 11.0 Å². The number of anilines is 1. The van der Waals surface area contributed by atoms with E-state index in [9.17, 15) is 9.59 Å². The van der Waals surface area contributed by atoms with Gasteiger partial charge >= 0.3 is 0 Å². The van der Waals surface area contributed by atoms with Gasteiger partial charge in [-0.1, -0.05) is 35.4 Å². The molecule has 0 aliphatic rings. The number of carbonyl (C=O) groups excluding carboxylic acids is 1. The van der Waals surface area contributed by atoms with Crippen LogP contribution in [0, 0.1) is 20.8 Å². The topological polar surface area (TPSA) is 77.8 Å². The Balaban J connectivity index is 1.44. The van der Waals surface area contributed by atoms with Crippen LogP contribution in [-0.4, -0.2) is 12.5 Å². The first-order chi connectivity index (χ1) is 15.4. The summed E-state index contributed by atoms with van der Waals surface area (Å²) in [6.07, 6.45) is 1.28. The number of amides is 1. The number of rotatable bonds is 6. The summed E-state index contributed by atoms with van der Waals surface area (Å²) in [7, 11) is 0. The van der Waals surface area contributed by atoms with Crippen LogP contribution in [0.1, 0.15) is 16.7 Å². The molecule has 0 saturated heterocycles. The molecule has 0 aliphatic carbocycles. The van der Waals surface area contributed by atoms with Crippen molar-refractivity contribution in [2.75, 3.05) is 11.9 Å². The van der Waals surface area contributed by atoms with E-state index in [2.05, 4.69) is 5.32 Å². The minimum atomic E-state index is -0.286. The zero-order chi connectivity index (χ0) is 22.7. The fourth-order valence-electron chi connectivity index (χ4n) is 3.27. The number of fused-ring (bicyclic) bond motifs is 1. The molecule has 1 aromatic heterocycles. The normalized spacial score (nSPS) is 10.7. The molecule has 3 aromatic carbocycles. The van der Waals surface area contributed by atoms with Crippen molar-refractivity contribution in [1.29, 1.82) is 0 Å². The van der Waals surface area contributed by atoms with E-state index in [1.807, 2.05) is 51.1 Å². The van der Waals surface area contributed by atoms with E-state index in [-0.39, 0.29) is 23.7 Å². The Morgan fingerprint density at radius 2 is 1.62 bits per heavy atom. The SMILES string of the molecule is Cc1ccc(Oc2coc3cc(OCC(=O)Nc4ccc(C)cc4C)ccc3c2=O)cc1. The maximum absolute atomic E-state index is 12.7. The fraction of sp³-hybridized carbons (Fsp3) is 0.154. The predicted molar refractivity (Wildman–Crippen MR) is 124 cm³/mol. The molecule has 1 amide bonds. The van der Waals surface area contributed by atoms with Gasteiger partial charge in [-0.3, -0.25) is 9.59 Å². The quantitative estimate of drug-likeness (QED) is 0.436. The molecule has 6 nitrogen and oxygen atoms in total. The third kappa shape index (κ3) is 4.81. The average Bonchev–Trinajstić information content (AvgIpc) is 2.77. The van der Waals surface area contributed by atoms with Crippen molar-refractivity contribution >= 4 is 22.6 Å². The standard InChI is InChI=1S/C26H23NO5/c1-16-4-7-19(8-5-16)32-24-14-31-23-13-20(9-10-21(23)26(24)29)30-15-25(28)27-22-11-6-17(2)12-18(22)3/h4-14H,15H2,1-3H3,(H,27,28). The van der Waals surface area contributed by atoms with Gasteiger partial charge in [0.2, 0.25) is 11.2 Å². The van der Waals surface area contributed by atoms with E-state index in [0.717, 1.165) is 22.4 Å². The summed E-state index contributed by atoms with van der Waals surface area (Å²) in [6.45, 7) is 5.74. The van der Waals surface area contributed by atoms with Crippen molar-refractivity contribution in [2.24, 2.45) is 0 Å². The van der Waals surface area contributed by atoms with Crippen molar-refractivity contribution in [1.82, 2.24) is 0 Å². The molecule has 0 bridgehead atoms. The summed E-state index contributed by atoms with van der Waals surface area (Å²) in [5, 5.41) is 3.20. The van der Waals surface area contributed by atoms with E-state index in [1.165, 1.54) is 6.26 Å². The van der Waals surface area contributed by atoms with Crippen LogP contribution in [0.4, 0.5) is 5.69 Å². The molecule has 0 radical (unpaired) electrons. The van der Waals surface area contributed by atoms with E-state index in [4.69, 9.17) is 13.9 Å². The highest BCUT2D eigenvalue weighted by atomic mass is 16.5. The number of carbonyl (C=O) groups is 1. The summed E-state index contributed by atoms with van der Waals surface area (Å²) in [5.74, 6) is 0.795. The summed E-state index contributed by atoms with van der Waals surface area (Å²) in [4.78, 5) is 25.0. The number of hydrogen-bond donors (Lipinski definition) is 1. The van der Waals surface area contributed by atoms with Crippen LogP contribution in [0.2, 0.25) is 0 Å². The Labute approximate surface area is 185 Å². The van der Waals surface area contributed by atoms with E-state index >= 15 is 0 Å². The molecule has 4 rings (SSSR count).